The molecular formula is C26H28BrN3O3. The Balaban J connectivity index is 1.52. The van der Waals surface area contributed by atoms with Gasteiger partial charge in [0.25, 0.3) is 0 Å². The molecule has 2 atom stereocenters. The van der Waals surface area contributed by atoms with E-state index < -0.39 is 6.04 Å². The van der Waals surface area contributed by atoms with Gasteiger partial charge in [0, 0.05) is 40.6 Å². The summed E-state index contributed by atoms with van der Waals surface area (Å²) in [4.78, 5) is 34.2. The molecule has 0 saturated carbocycles. The summed E-state index contributed by atoms with van der Waals surface area (Å²) in [7, 11) is 0. The van der Waals surface area contributed by atoms with Crippen LogP contribution in [0.15, 0.2) is 53.0 Å². The minimum absolute atomic E-state index is 0.0124. The predicted octanol–water partition coefficient (Wildman–Crippen LogP) is 4.43. The molecule has 7 heteroatoms. The lowest BCUT2D eigenvalue weighted by Crippen LogP contribution is -2.63. The Labute approximate surface area is 202 Å². The van der Waals surface area contributed by atoms with Gasteiger partial charge in [-0.25, -0.2) is 0 Å². The number of aromatic nitrogens is 1. The number of benzene rings is 2. The van der Waals surface area contributed by atoms with E-state index in [2.05, 4.69) is 33.0 Å². The molecule has 2 aromatic carbocycles. The van der Waals surface area contributed by atoms with Crippen LogP contribution in [0.25, 0.3) is 10.9 Å². The normalized spacial score (nSPS) is 20.5. The summed E-state index contributed by atoms with van der Waals surface area (Å²) >= 11 is 3.51. The second-order valence-corrected chi connectivity index (χ2v) is 9.99. The molecule has 2 unspecified atom stereocenters. The third kappa shape index (κ3) is 4.08. The van der Waals surface area contributed by atoms with Gasteiger partial charge >= 0.3 is 0 Å². The number of hydrogen-bond acceptors (Lipinski definition) is 3. The van der Waals surface area contributed by atoms with E-state index in [-0.39, 0.29) is 30.5 Å². The Bertz CT molecular complexity index is 1190. The van der Waals surface area contributed by atoms with Gasteiger partial charge in [0.2, 0.25) is 11.8 Å². The van der Waals surface area contributed by atoms with Crippen molar-refractivity contribution in [3.63, 3.8) is 0 Å². The maximum Gasteiger partial charge on any atom is 0.246 e. The van der Waals surface area contributed by atoms with Crippen molar-refractivity contribution in [2.24, 2.45) is 0 Å². The van der Waals surface area contributed by atoms with Gasteiger partial charge < -0.3 is 19.5 Å². The molecule has 2 aliphatic rings. The molecule has 3 heterocycles. The minimum Gasteiger partial charge on any atom is -0.379 e. The van der Waals surface area contributed by atoms with E-state index in [1.54, 1.807) is 4.90 Å². The number of nitrogens with one attached hydrogen (secondary N) is 1. The van der Waals surface area contributed by atoms with Crippen molar-refractivity contribution >= 4 is 38.6 Å². The summed E-state index contributed by atoms with van der Waals surface area (Å²) in [6, 6.07) is 15.4. The Morgan fingerprint density at radius 1 is 1.12 bits per heavy atom. The fraction of sp³-hybridized carbons (Fsp3) is 0.385. The number of ether oxygens (including phenoxy) is 1. The summed E-state index contributed by atoms with van der Waals surface area (Å²) in [5, 5.41) is 1.12. The number of hydrogen-bond donors (Lipinski definition) is 1. The molecule has 1 saturated heterocycles. The van der Waals surface area contributed by atoms with E-state index in [9.17, 15) is 9.59 Å². The van der Waals surface area contributed by atoms with Gasteiger partial charge in [0.15, 0.2) is 0 Å². The molecule has 1 N–H and O–H groups in total. The third-order valence-electron chi connectivity index (χ3n) is 6.55. The van der Waals surface area contributed by atoms with Crippen LogP contribution >= 0.6 is 15.9 Å². The molecule has 5 rings (SSSR count). The topological polar surface area (TPSA) is 65.6 Å². The molecule has 172 valence electrons. The molecule has 33 heavy (non-hydrogen) atoms. The van der Waals surface area contributed by atoms with E-state index in [1.165, 1.54) is 0 Å². The van der Waals surface area contributed by atoms with E-state index in [1.807, 2.05) is 55.1 Å². The molecule has 0 radical (unpaired) electrons. The highest BCUT2D eigenvalue weighted by Crippen LogP contribution is 2.42. The number of para-hydroxylation sites is 1. The molecule has 2 aliphatic heterocycles. The van der Waals surface area contributed by atoms with Crippen molar-refractivity contribution in [1.29, 1.82) is 0 Å². The SMILES string of the molecule is CC(C)OCCCN1CC(=O)N2C(Cc3c([nH]c4ccccc34)C2c2ccc(Br)cc2)C1=O. The molecule has 1 aromatic heterocycles. The lowest BCUT2D eigenvalue weighted by molar-refractivity contribution is -0.158. The van der Waals surface area contributed by atoms with Crippen molar-refractivity contribution in [3.05, 3.63) is 69.8 Å². The second kappa shape index (κ2) is 8.95. The smallest absolute Gasteiger partial charge is 0.246 e. The summed E-state index contributed by atoms with van der Waals surface area (Å²) in [6.45, 7) is 5.22. The minimum atomic E-state index is -0.502. The molecule has 6 nitrogen and oxygen atoms in total. The Kier molecular flexibility index (Phi) is 6.01. The molecule has 0 aliphatic carbocycles. The zero-order valence-corrected chi connectivity index (χ0v) is 20.5. The number of nitrogens with zero attached hydrogens (tertiary/aromatic N) is 2. The van der Waals surface area contributed by atoms with Gasteiger partial charge in [-0.05, 0) is 49.6 Å². The van der Waals surface area contributed by atoms with Crippen LogP contribution in [0.4, 0.5) is 0 Å². The van der Waals surface area contributed by atoms with E-state index in [4.69, 9.17) is 4.74 Å². The molecule has 3 aromatic rings. The Morgan fingerprint density at radius 2 is 1.88 bits per heavy atom. The molecular weight excluding hydrogens is 482 g/mol. The number of piperazine rings is 1. The number of fused-ring (bicyclic) bond motifs is 4. The first-order valence-corrected chi connectivity index (χ1v) is 12.3. The molecule has 0 spiro atoms. The third-order valence-corrected chi connectivity index (χ3v) is 7.08. The number of halogens is 1. The van der Waals surface area contributed by atoms with Gasteiger partial charge in [0.05, 0.1) is 18.7 Å². The first-order chi connectivity index (χ1) is 15.9. The van der Waals surface area contributed by atoms with Crippen LogP contribution in [0.1, 0.15) is 43.1 Å². The van der Waals surface area contributed by atoms with Crippen molar-refractivity contribution in [1.82, 2.24) is 14.8 Å². The first-order valence-electron chi connectivity index (χ1n) is 11.5. The second-order valence-electron chi connectivity index (χ2n) is 9.07. The number of aromatic amines is 1. The summed E-state index contributed by atoms with van der Waals surface area (Å²) < 4.78 is 6.61. The van der Waals surface area contributed by atoms with Gasteiger partial charge in [-0.15, -0.1) is 0 Å². The van der Waals surface area contributed by atoms with Crippen LogP contribution in [0.2, 0.25) is 0 Å². The van der Waals surface area contributed by atoms with Gasteiger partial charge in [-0.3, -0.25) is 9.59 Å². The van der Waals surface area contributed by atoms with Crippen LogP contribution < -0.4 is 0 Å². The maximum absolute atomic E-state index is 13.6. The van der Waals surface area contributed by atoms with Crippen LogP contribution in [0.5, 0.6) is 0 Å². The van der Waals surface area contributed by atoms with Crippen molar-refractivity contribution in [2.75, 3.05) is 19.7 Å². The van der Waals surface area contributed by atoms with E-state index >= 15 is 0 Å². The average molecular weight is 510 g/mol. The number of rotatable bonds is 6. The van der Waals surface area contributed by atoms with Gasteiger partial charge in [-0.1, -0.05) is 46.3 Å². The summed E-state index contributed by atoms with van der Waals surface area (Å²) in [5.41, 5.74) is 4.17. The monoisotopic (exact) mass is 509 g/mol. The summed E-state index contributed by atoms with van der Waals surface area (Å²) in [6.07, 6.45) is 1.40. The van der Waals surface area contributed by atoms with Crippen molar-refractivity contribution in [3.8, 4) is 0 Å². The first kappa shape index (κ1) is 22.2. The lowest BCUT2D eigenvalue weighted by Gasteiger charge is -2.47. The Morgan fingerprint density at radius 3 is 2.64 bits per heavy atom. The largest absolute Gasteiger partial charge is 0.379 e. The predicted molar refractivity (Wildman–Crippen MR) is 131 cm³/mol. The molecule has 0 bridgehead atoms. The quantitative estimate of drug-likeness (QED) is 0.499. The Hall–Kier alpha value is -2.64. The van der Waals surface area contributed by atoms with Crippen LogP contribution in [-0.2, 0) is 20.7 Å². The number of H-pyrrole nitrogens is 1. The van der Waals surface area contributed by atoms with E-state index in [0.29, 0.717) is 19.6 Å². The number of carbonyl (C=O) groups is 2. The van der Waals surface area contributed by atoms with Crippen LogP contribution in [0, 0.1) is 0 Å². The molecule has 1 fully saturated rings. The average Bonchev–Trinajstić information content (AvgIpc) is 3.17. The zero-order chi connectivity index (χ0) is 23.1. The highest BCUT2D eigenvalue weighted by Gasteiger charge is 2.48. The van der Waals surface area contributed by atoms with Crippen LogP contribution in [-0.4, -0.2) is 58.4 Å². The zero-order valence-electron chi connectivity index (χ0n) is 18.9. The van der Waals surface area contributed by atoms with Gasteiger partial charge in [0.1, 0.15) is 6.04 Å². The highest BCUT2D eigenvalue weighted by atomic mass is 79.9. The number of amides is 2. The molecule has 2 amide bonds. The van der Waals surface area contributed by atoms with Crippen molar-refractivity contribution < 1.29 is 14.3 Å². The highest BCUT2D eigenvalue weighted by molar-refractivity contribution is 9.10. The lowest BCUT2D eigenvalue weighted by atomic mass is 9.86. The van der Waals surface area contributed by atoms with E-state index in [0.717, 1.165) is 38.6 Å². The fourth-order valence-corrected chi connectivity index (χ4v) is 5.34. The standard InChI is InChI=1S/C26H28BrN3O3/c1-16(2)33-13-5-12-29-15-23(31)30-22(26(29)32)14-20-19-6-3-4-7-21(19)28-24(20)25(30)17-8-10-18(27)11-9-17/h3-4,6-11,16,22,25,28H,5,12-15H2,1-2H3. The summed E-state index contributed by atoms with van der Waals surface area (Å²) in [5.74, 6) is 0.0128. The number of carbonyl (C=O) groups excluding carboxylic acids is 2. The fourth-order valence-electron chi connectivity index (χ4n) is 5.08. The van der Waals surface area contributed by atoms with Crippen molar-refractivity contribution in [2.45, 2.75) is 44.9 Å². The van der Waals surface area contributed by atoms with Crippen LogP contribution in [0.3, 0.4) is 0 Å². The van der Waals surface area contributed by atoms with Gasteiger partial charge in [-0.2, -0.15) is 0 Å². The maximum atomic E-state index is 13.6.